The predicted molar refractivity (Wildman–Crippen MR) is 85.3 cm³/mol. The Morgan fingerprint density at radius 3 is 2.52 bits per heavy atom. The number of nitrogens with zero attached hydrogens (tertiary/aromatic N) is 2. The fourth-order valence-electron chi connectivity index (χ4n) is 3.02. The SMILES string of the molecule is O=S(=O)(Cc1nc(-c2ccccc2)no1)CC1(O)CCCCC1. The number of hydrogen-bond donors (Lipinski definition) is 1. The second kappa shape index (κ2) is 6.41. The van der Waals surface area contributed by atoms with Crippen molar-refractivity contribution >= 4 is 9.84 Å². The van der Waals surface area contributed by atoms with Crippen molar-refractivity contribution < 1.29 is 18.0 Å². The van der Waals surface area contributed by atoms with Crippen LogP contribution in [0.4, 0.5) is 0 Å². The quantitative estimate of drug-likeness (QED) is 0.901. The van der Waals surface area contributed by atoms with E-state index in [1.54, 1.807) is 0 Å². The Hall–Kier alpha value is -1.73. The van der Waals surface area contributed by atoms with Gasteiger partial charge in [-0.15, -0.1) is 0 Å². The summed E-state index contributed by atoms with van der Waals surface area (Å²) in [5.41, 5.74) is -0.342. The predicted octanol–water partition coefficient (Wildman–Crippen LogP) is 2.35. The topological polar surface area (TPSA) is 93.3 Å². The zero-order chi connectivity index (χ0) is 16.3. The summed E-state index contributed by atoms with van der Waals surface area (Å²) in [4.78, 5) is 4.14. The minimum absolute atomic E-state index is 0.0586. The van der Waals surface area contributed by atoms with Gasteiger partial charge >= 0.3 is 0 Å². The van der Waals surface area contributed by atoms with Gasteiger partial charge in [0.2, 0.25) is 11.7 Å². The number of aromatic nitrogens is 2. The smallest absolute Gasteiger partial charge is 0.242 e. The molecule has 1 fully saturated rings. The van der Waals surface area contributed by atoms with Crippen molar-refractivity contribution in [2.75, 3.05) is 5.75 Å². The van der Waals surface area contributed by atoms with Crippen LogP contribution in [0.3, 0.4) is 0 Å². The Morgan fingerprint density at radius 1 is 1.13 bits per heavy atom. The average molecular weight is 336 g/mol. The van der Waals surface area contributed by atoms with Gasteiger partial charge in [0.25, 0.3) is 0 Å². The molecule has 1 saturated carbocycles. The number of sulfone groups is 1. The van der Waals surface area contributed by atoms with Crippen molar-refractivity contribution in [1.29, 1.82) is 0 Å². The summed E-state index contributed by atoms with van der Waals surface area (Å²) in [5, 5.41) is 14.2. The Bertz CT molecular complexity index is 749. The maximum absolute atomic E-state index is 12.3. The largest absolute Gasteiger partial charge is 0.389 e. The molecule has 0 radical (unpaired) electrons. The van der Waals surface area contributed by atoms with E-state index in [-0.39, 0.29) is 17.4 Å². The minimum atomic E-state index is -3.51. The van der Waals surface area contributed by atoms with E-state index in [1.807, 2.05) is 30.3 Å². The highest BCUT2D eigenvalue weighted by molar-refractivity contribution is 7.90. The molecule has 0 saturated heterocycles. The Kier molecular flexibility index (Phi) is 4.50. The van der Waals surface area contributed by atoms with Gasteiger partial charge in [0.1, 0.15) is 5.75 Å². The Balaban J connectivity index is 1.70. The molecule has 1 aliphatic carbocycles. The first-order chi connectivity index (χ1) is 11.0. The molecule has 0 amide bonds. The van der Waals surface area contributed by atoms with Gasteiger partial charge in [-0.3, -0.25) is 0 Å². The fourth-order valence-corrected chi connectivity index (χ4v) is 4.72. The zero-order valence-electron chi connectivity index (χ0n) is 12.8. The van der Waals surface area contributed by atoms with Crippen LogP contribution >= 0.6 is 0 Å². The van der Waals surface area contributed by atoms with Gasteiger partial charge in [0.15, 0.2) is 9.84 Å². The summed E-state index contributed by atoms with van der Waals surface area (Å²) in [5.74, 6) is -0.159. The molecule has 2 aromatic rings. The van der Waals surface area contributed by atoms with Crippen molar-refractivity contribution in [2.24, 2.45) is 0 Å². The third-order valence-electron chi connectivity index (χ3n) is 4.12. The van der Waals surface area contributed by atoms with E-state index < -0.39 is 15.4 Å². The fraction of sp³-hybridized carbons (Fsp3) is 0.500. The molecule has 7 heteroatoms. The first kappa shape index (κ1) is 16.1. The van der Waals surface area contributed by atoms with Crippen LogP contribution in [-0.2, 0) is 15.6 Å². The van der Waals surface area contributed by atoms with Gasteiger partial charge < -0.3 is 9.63 Å². The molecule has 1 heterocycles. The highest BCUT2D eigenvalue weighted by Gasteiger charge is 2.35. The monoisotopic (exact) mass is 336 g/mol. The summed E-state index contributed by atoms with van der Waals surface area (Å²) in [6, 6.07) is 9.23. The summed E-state index contributed by atoms with van der Waals surface area (Å²) >= 11 is 0. The molecule has 1 aliphatic rings. The number of aliphatic hydroxyl groups is 1. The first-order valence-corrected chi connectivity index (χ1v) is 9.59. The van der Waals surface area contributed by atoms with Crippen molar-refractivity contribution in [3.05, 3.63) is 36.2 Å². The molecule has 0 spiro atoms. The van der Waals surface area contributed by atoms with Crippen LogP contribution in [0.15, 0.2) is 34.9 Å². The third kappa shape index (κ3) is 4.17. The Labute approximate surface area is 135 Å². The van der Waals surface area contributed by atoms with Gasteiger partial charge in [0.05, 0.1) is 11.4 Å². The van der Waals surface area contributed by atoms with Gasteiger partial charge in [-0.1, -0.05) is 54.8 Å². The van der Waals surface area contributed by atoms with E-state index in [9.17, 15) is 13.5 Å². The van der Waals surface area contributed by atoms with Gasteiger partial charge in [0, 0.05) is 5.56 Å². The number of rotatable bonds is 5. The van der Waals surface area contributed by atoms with Crippen LogP contribution in [0.25, 0.3) is 11.4 Å². The van der Waals surface area contributed by atoms with Crippen molar-refractivity contribution in [3.8, 4) is 11.4 Å². The van der Waals surface area contributed by atoms with E-state index in [2.05, 4.69) is 10.1 Å². The van der Waals surface area contributed by atoms with E-state index >= 15 is 0 Å². The molecule has 3 rings (SSSR count). The van der Waals surface area contributed by atoms with Crippen molar-refractivity contribution in [1.82, 2.24) is 10.1 Å². The van der Waals surface area contributed by atoms with E-state index in [0.29, 0.717) is 18.7 Å². The van der Waals surface area contributed by atoms with Gasteiger partial charge in [-0.25, -0.2) is 8.42 Å². The molecular weight excluding hydrogens is 316 g/mol. The molecule has 0 atom stereocenters. The lowest BCUT2D eigenvalue weighted by molar-refractivity contribution is 0.0256. The highest BCUT2D eigenvalue weighted by Crippen LogP contribution is 2.30. The van der Waals surface area contributed by atoms with Crippen LogP contribution in [0, 0.1) is 0 Å². The minimum Gasteiger partial charge on any atom is -0.389 e. The molecule has 1 aromatic heterocycles. The molecule has 0 unspecified atom stereocenters. The van der Waals surface area contributed by atoms with E-state index in [0.717, 1.165) is 24.8 Å². The van der Waals surface area contributed by atoms with Crippen LogP contribution in [0.1, 0.15) is 38.0 Å². The van der Waals surface area contributed by atoms with Crippen molar-refractivity contribution in [3.63, 3.8) is 0 Å². The average Bonchev–Trinajstić information content (AvgIpc) is 2.95. The highest BCUT2D eigenvalue weighted by atomic mass is 32.2. The lowest BCUT2D eigenvalue weighted by Crippen LogP contribution is -2.39. The first-order valence-electron chi connectivity index (χ1n) is 7.77. The van der Waals surface area contributed by atoms with Crippen LogP contribution in [0.5, 0.6) is 0 Å². The van der Waals surface area contributed by atoms with E-state index in [4.69, 9.17) is 4.52 Å². The normalized spacial score (nSPS) is 18.0. The third-order valence-corrected chi connectivity index (χ3v) is 5.78. The van der Waals surface area contributed by atoms with Gasteiger partial charge in [-0.05, 0) is 12.8 Å². The number of benzene rings is 1. The van der Waals surface area contributed by atoms with Crippen LogP contribution < -0.4 is 0 Å². The molecule has 124 valence electrons. The molecule has 23 heavy (non-hydrogen) atoms. The molecule has 6 nitrogen and oxygen atoms in total. The summed E-state index contributed by atoms with van der Waals surface area (Å²) in [6.07, 6.45) is 3.85. The van der Waals surface area contributed by atoms with E-state index in [1.165, 1.54) is 0 Å². The van der Waals surface area contributed by atoms with Crippen molar-refractivity contribution in [2.45, 2.75) is 43.5 Å². The zero-order valence-corrected chi connectivity index (χ0v) is 13.6. The molecule has 1 N–H and O–H groups in total. The standard InChI is InChI=1S/C16H20N2O4S/c19-16(9-5-2-6-10-16)12-23(20,21)11-14-17-15(18-22-14)13-7-3-1-4-8-13/h1,3-4,7-8,19H,2,5-6,9-12H2. The summed E-state index contributed by atoms with van der Waals surface area (Å²) in [7, 11) is -3.51. The molecule has 0 aliphatic heterocycles. The maximum atomic E-state index is 12.3. The molecule has 0 bridgehead atoms. The lowest BCUT2D eigenvalue weighted by Gasteiger charge is -2.31. The number of hydrogen-bond acceptors (Lipinski definition) is 6. The molecular formula is C16H20N2O4S. The second-order valence-corrected chi connectivity index (χ2v) is 8.26. The summed E-state index contributed by atoms with van der Waals surface area (Å²) in [6.45, 7) is 0. The summed E-state index contributed by atoms with van der Waals surface area (Å²) < 4.78 is 29.7. The maximum Gasteiger partial charge on any atom is 0.242 e. The van der Waals surface area contributed by atoms with Gasteiger partial charge in [-0.2, -0.15) is 4.98 Å². The van der Waals surface area contributed by atoms with Crippen LogP contribution in [-0.4, -0.2) is 35.0 Å². The molecule has 1 aromatic carbocycles. The second-order valence-electron chi connectivity index (χ2n) is 6.19. The lowest BCUT2D eigenvalue weighted by atomic mass is 9.86. The Morgan fingerprint density at radius 2 is 1.83 bits per heavy atom. The van der Waals surface area contributed by atoms with Crippen LogP contribution in [0.2, 0.25) is 0 Å².